The summed E-state index contributed by atoms with van der Waals surface area (Å²) in [6.45, 7) is 1.90. The zero-order chi connectivity index (χ0) is 8.43. The van der Waals surface area contributed by atoms with Gasteiger partial charge in [0, 0.05) is 5.33 Å². The molecule has 0 fully saturated rings. The van der Waals surface area contributed by atoms with Crippen LogP contribution in [0.4, 0.5) is 0 Å². The van der Waals surface area contributed by atoms with Gasteiger partial charge >= 0.3 is 0 Å². The van der Waals surface area contributed by atoms with Gasteiger partial charge < -0.3 is 5.11 Å². The van der Waals surface area contributed by atoms with Crippen molar-refractivity contribution < 1.29 is 5.11 Å². The van der Waals surface area contributed by atoms with E-state index in [2.05, 4.69) is 31.9 Å². The second-order valence-electron chi connectivity index (χ2n) is 2.31. The largest absolute Gasteiger partial charge is 0.506 e. The van der Waals surface area contributed by atoms with Crippen LogP contribution in [0.2, 0.25) is 0 Å². The number of phenolic OH excluding ortho intramolecular Hbond substituents is 1. The van der Waals surface area contributed by atoms with Crippen molar-refractivity contribution >= 4 is 31.9 Å². The van der Waals surface area contributed by atoms with E-state index in [0.717, 1.165) is 20.9 Å². The molecule has 0 aliphatic rings. The molecule has 3 heteroatoms. The smallest absolute Gasteiger partial charge is 0.132 e. The predicted octanol–water partition coefficient (Wildman–Crippen LogP) is 3.36. The summed E-state index contributed by atoms with van der Waals surface area (Å²) in [5.74, 6) is 0.335. The number of rotatable bonds is 1. The zero-order valence-corrected chi connectivity index (χ0v) is 9.24. The highest BCUT2D eigenvalue weighted by Gasteiger charge is 2.04. The molecule has 0 atom stereocenters. The molecule has 11 heavy (non-hydrogen) atoms. The molecular weight excluding hydrogens is 272 g/mol. The van der Waals surface area contributed by atoms with Crippen LogP contribution in [0.3, 0.4) is 0 Å². The van der Waals surface area contributed by atoms with E-state index in [9.17, 15) is 5.11 Å². The Morgan fingerprint density at radius 2 is 2.09 bits per heavy atom. The molecule has 0 spiro atoms. The van der Waals surface area contributed by atoms with Gasteiger partial charge in [0.2, 0.25) is 0 Å². The molecule has 1 nitrogen and oxygen atoms in total. The lowest BCUT2D eigenvalue weighted by atomic mass is 10.1. The molecule has 0 heterocycles. The topological polar surface area (TPSA) is 20.2 Å². The van der Waals surface area contributed by atoms with Crippen molar-refractivity contribution in [2.45, 2.75) is 12.3 Å². The van der Waals surface area contributed by atoms with Gasteiger partial charge in [-0.15, -0.1) is 0 Å². The van der Waals surface area contributed by atoms with Crippen LogP contribution < -0.4 is 0 Å². The fraction of sp³-hybridized carbons (Fsp3) is 0.250. The first-order valence-electron chi connectivity index (χ1n) is 3.19. The summed E-state index contributed by atoms with van der Waals surface area (Å²) in [7, 11) is 0. The Bertz CT molecular complexity index is 271. The van der Waals surface area contributed by atoms with E-state index in [1.54, 1.807) is 0 Å². The molecule has 0 bridgehead atoms. The van der Waals surface area contributed by atoms with E-state index in [-0.39, 0.29) is 0 Å². The maximum absolute atomic E-state index is 9.45. The van der Waals surface area contributed by atoms with Crippen LogP contribution in [0.1, 0.15) is 11.1 Å². The molecular formula is C8H8Br2O. The molecule has 1 aromatic carbocycles. The molecule has 0 aliphatic carbocycles. The van der Waals surface area contributed by atoms with Gasteiger partial charge in [-0.2, -0.15) is 0 Å². The predicted molar refractivity (Wildman–Crippen MR) is 53.2 cm³/mol. The Balaban J connectivity index is 3.25. The van der Waals surface area contributed by atoms with Crippen LogP contribution >= 0.6 is 31.9 Å². The number of aromatic hydroxyl groups is 1. The number of phenols is 1. The molecule has 0 radical (unpaired) electrons. The highest BCUT2D eigenvalue weighted by Crippen LogP contribution is 2.30. The Morgan fingerprint density at radius 3 is 2.64 bits per heavy atom. The minimum atomic E-state index is 0.335. The van der Waals surface area contributed by atoms with Gasteiger partial charge in [-0.1, -0.05) is 22.0 Å². The van der Waals surface area contributed by atoms with Crippen molar-refractivity contribution in [3.63, 3.8) is 0 Å². The number of halogens is 2. The van der Waals surface area contributed by atoms with Crippen LogP contribution in [0.25, 0.3) is 0 Å². The van der Waals surface area contributed by atoms with Crippen LogP contribution in [0.5, 0.6) is 5.75 Å². The fourth-order valence-corrected chi connectivity index (χ4v) is 1.89. The van der Waals surface area contributed by atoms with Crippen LogP contribution in [-0.4, -0.2) is 5.11 Å². The molecule has 1 N–H and O–H groups in total. The third-order valence-electron chi connectivity index (χ3n) is 1.64. The lowest BCUT2D eigenvalue weighted by Gasteiger charge is -2.05. The van der Waals surface area contributed by atoms with Crippen molar-refractivity contribution in [3.05, 3.63) is 27.7 Å². The molecule has 1 rings (SSSR count). The molecule has 60 valence electrons. The van der Waals surface area contributed by atoms with Crippen LogP contribution in [0.15, 0.2) is 16.6 Å². The summed E-state index contributed by atoms with van der Waals surface area (Å²) in [5.41, 5.74) is 2.04. The first kappa shape index (κ1) is 9.07. The average molecular weight is 280 g/mol. The highest BCUT2D eigenvalue weighted by atomic mass is 79.9. The maximum atomic E-state index is 9.45. The third-order valence-corrected chi connectivity index (χ3v) is 2.88. The second-order valence-corrected chi connectivity index (χ2v) is 3.73. The number of hydrogen-bond acceptors (Lipinski definition) is 1. The zero-order valence-electron chi connectivity index (χ0n) is 6.06. The molecule has 0 unspecified atom stereocenters. The summed E-state index contributed by atoms with van der Waals surface area (Å²) in [6, 6.07) is 3.83. The molecule has 0 saturated carbocycles. The molecule has 0 amide bonds. The van der Waals surface area contributed by atoms with E-state index < -0.39 is 0 Å². The standard InChI is InChI=1S/C8H8Br2O/c1-5-6(4-9)2-3-7(10)8(5)11/h2-3,11H,4H2,1H3. The number of hydrogen-bond donors (Lipinski definition) is 1. The maximum Gasteiger partial charge on any atom is 0.132 e. The first-order valence-corrected chi connectivity index (χ1v) is 5.11. The van der Waals surface area contributed by atoms with Gasteiger partial charge in [0.25, 0.3) is 0 Å². The Kier molecular flexibility index (Phi) is 2.96. The fourth-order valence-electron chi connectivity index (χ4n) is 0.854. The van der Waals surface area contributed by atoms with Gasteiger partial charge in [-0.05, 0) is 40.0 Å². The third kappa shape index (κ3) is 1.76. The average Bonchev–Trinajstić information content (AvgIpc) is 2.01. The van der Waals surface area contributed by atoms with Gasteiger partial charge in [0.05, 0.1) is 4.47 Å². The van der Waals surface area contributed by atoms with Crippen LogP contribution in [-0.2, 0) is 5.33 Å². The van der Waals surface area contributed by atoms with Crippen molar-refractivity contribution in [2.24, 2.45) is 0 Å². The van der Waals surface area contributed by atoms with Crippen molar-refractivity contribution in [2.75, 3.05) is 0 Å². The monoisotopic (exact) mass is 278 g/mol. The van der Waals surface area contributed by atoms with Gasteiger partial charge in [-0.3, -0.25) is 0 Å². The Hall–Kier alpha value is -0.0200. The van der Waals surface area contributed by atoms with E-state index in [1.807, 2.05) is 19.1 Å². The molecule has 1 aromatic rings. The number of alkyl halides is 1. The number of benzene rings is 1. The van der Waals surface area contributed by atoms with Crippen molar-refractivity contribution in [1.82, 2.24) is 0 Å². The van der Waals surface area contributed by atoms with Gasteiger partial charge in [0.15, 0.2) is 0 Å². The summed E-state index contributed by atoms with van der Waals surface area (Å²) < 4.78 is 0.750. The molecule has 0 saturated heterocycles. The molecule has 0 aliphatic heterocycles. The summed E-state index contributed by atoms with van der Waals surface area (Å²) >= 11 is 6.58. The first-order chi connectivity index (χ1) is 5.16. The second kappa shape index (κ2) is 3.59. The van der Waals surface area contributed by atoms with Gasteiger partial charge in [0.1, 0.15) is 5.75 Å². The van der Waals surface area contributed by atoms with E-state index >= 15 is 0 Å². The normalized spacial score (nSPS) is 10.1. The lowest BCUT2D eigenvalue weighted by Crippen LogP contribution is -1.85. The summed E-state index contributed by atoms with van der Waals surface area (Å²) in [5, 5.41) is 10.2. The highest BCUT2D eigenvalue weighted by molar-refractivity contribution is 9.10. The van der Waals surface area contributed by atoms with E-state index in [1.165, 1.54) is 0 Å². The van der Waals surface area contributed by atoms with Crippen LogP contribution in [0, 0.1) is 6.92 Å². The van der Waals surface area contributed by atoms with Gasteiger partial charge in [-0.25, -0.2) is 0 Å². The Labute approximate surface area is 82.7 Å². The summed E-state index contributed by atoms with van der Waals surface area (Å²) in [6.07, 6.45) is 0. The van der Waals surface area contributed by atoms with Crippen molar-refractivity contribution in [3.8, 4) is 5.75 Å². The van der Waals surface area contributed by atoms with Crippen molar-refractivity contribution in [1.29, 1.82) is 0 Å². The Morgan fingerprint density at radius 1 is 1.45 bits per heavy atom. The lowest BCUT2D eigenvalue weighted by molar-refractivity contribution is 0.467. The summed E-state index contributed by atoms with van der Waals surface area (Å²) in [4.78, 5) is 0. The quantitative estimate of drug-likeness (QED) is 0.782. The van der Waals surface area contributed by atoms with E-state index in [4.69, 9.17) is 0 Å². The van der Waals surface area contributed by atoms with E-state index in [0.29, 0.717) is 5.75 Å². The minimum Gasteiger partial charge on any atom is -0.506 e. The minimum absolute atomic E-state index is 0.335. The SMILES string of the molecule is Cc1c(CBr)ccc(Br)c1O. The molecule has 0 aromatic heterocycles.